The summed E-state index contributed by atoms with van der Waals surface area (Å²) in [5.41, 5.74) is 0.513. The molecule has 5 saturated carbocycles. The van der Waals surface area contributed by atoms with Gasteiger partial charge in [-0.1, -0.05) is 34.6 Å². The van der Waals surface area contributed by atoms with Crippen LogP contribution in [-0.4, -0.2) is 21.9 Å². The first-order chi connectivity index (χ1) is 14.6. The van der Waals surface area contributed by atoms with Crippen LogP contribution >= 0.6 is 0 Å². The van der Waals surface area contributed by atoms with Crippen LogP contribution in [0, 0.1) is 58.2 Å². The summed E-state index contributed by atoms with van der Waals surface area (Å²) in [6.45, 7) is 12.1. The molecule has 5 aliphatic carbocycles. The Bertz CT molecular complexity index is 676. The highest BCUT2D eigenvalue weighted by Crippen LogP contribution is 2.69. The molecule has 0 aromatic heterocycles. The van der Waals surface area contributed by atoms with Crippen LogP contribution in [0.4, 0.5) is 0 Å². The molecule has 5 aliphatic rings. The van der Waals surface area contributed by atoms with Crippen LogP contribution in [0.25, 0.3) is 0 Å². The fraction of sp³-hybridized carbons (Fsp3) is 1.00. The lowest BCUT2D eigenvalue weighted by atomic mass is 9.43. The van der Waals surface area contributed by atoms with Crippen LogP contribution < -0.4 is 0 Å². The van der Waals surface area contributed by atoms with E-state index in [1.807, 2.05) is 0 Å². The van der Waals surface area contributed by atoms with E-state index in [-0.39, 0.29) is 11.7 Å². The maximum Gasteiger partial charge on any atom is 0.0648 e. The molecule has 0 aliphatic heterocycles. The Balaban J connectivity index is 1.31. The van der Waals surface area contributed by atoms with Gasteiger partial charge in [-0.25, -0.2) is 0 Å². The minimum absolute atomic E-state index is 0.0911. The van der Waals surface area contributed by atoms with E-state index < -0.39 is 0 Å². The minimum Gasteiger partial charge on any atom is -0.393 e. The molecule has 0 saturated heterocycles. The highest BCUT2D eigenvalue weighted by atomic mass is 16.3. The number of fused-ring (bicyclic) bond motifs is 5. The Morgan fingerprint density at radius 2 is 1.65 bits per heavy atom. The molecule has 0 bridgehead atoms. The van der Waals surface area contributed by atoms with Gasteiger partial charge in [-0.3, -0.25) is 0 Å². The lowest BCUT2D eigenvalue weighted by molar-refractivity contribution is -0.154. The van der Waals surface area contributed by atoms with Crippen molar-refractivity contribution >= 4 is 0 Å². The van der Waals surface area contributed by atoms with Crippen molar-refractivity contribution in [3.05, 3.63) is 0 Å². The van der Waals surface area contributed by atoms with Crippen LogP contribution in [0.3, 0.4) is 0 Å². The van der Waals surface area contributed by atoms with Gasteiger partial charge >= 0.3 is 0 Å². The number of hydrogen-bond acceptors (Lipinski definition) is 2. The van der Waals surface area contributed by atoms with Crippen molar-refractivity contribution < 1.29 is 10.2 Å². The van der Waals surface area contributed by atoms with E-state index in [0.717, 1.165) is 61.2 Å². The summed E-state index contributed by atoms with van der Waals surface area (Å²) in [4.78, 5) is 0. The number of aliphatic hydroxyl groups is 2. The van der Waals surface area contributed by atoms with Gasteiger partial charge in [-0.2, -0.15) is 0 Å². The second kappa shape index (κ2) is 7.72. The van der Waals surface area contributed by atoms with Crippen LogP contribution in [0.2, 0.25) is 0 Å². The van der Waals surface area contributed by atoms with E-state index in [2.05, 4.69) is 34.6 Å². The molecule has 0 radical (unpaired) electrons. The van der Waals surface area contributed by atoms with Crippen LogP contribution in [0.5, 0.6) is 0 Å². The summed E-state index contributed by atoms with van der Waals surface area (Å²) >= 11 is 0. The van der Waals surface area contributed by atoms with Gasteiger partial charge in [-0.05, 0) is 135 Å². The molecule has 3 unspecified atom stereocenters. The summed E-state index contributed by atoms with van der Waals surface area (Å²) < 4.78 is 0. The lowest BCUT2D eigenvalue weighted by Crippen LogP contribution is -2.56. The van der Waals surface area contributed by atoms with E-state index in [1.54, 1.807) is 0 Å². The summed E-state index contributed by atoms with van der Waals surface area (Å²) in [6.07, 6.45) is 14.8. The number of aliphatic hydroxyl groups excluding tert-OH is 1. The topological polar surface area (TPSA) is 40.5 Å². The van der Waals surface area contributed by atoms with Gasteiger partial charge in [0, 0.05) is 0 Å². The highest BCUT2D eigenvalue weighted by molar-refractivity contribution is 5.11. The van der Waals surface area contributed by atoms with Gasteiger partial charge in [0.25, 0.3) is 0 Å². The minimum atomic E-state index is -0.386. The first-order valence-corrected chi connectivity index (χ1v) is 14.0. The molecule has 178 valence electrons. The second-order valence-corrected chi connectivity index (χ2v) is 13.8. The van der Waals surface area contributed by atoms with Crippen LogP contribution in [-0.2, 0) is 0 Å². The number of hydrogen-bond donors (Lipinski definition) is 2. The van der Waals surface area contributed by atoms with E-state index in [9.17, 15) is 10.2 Å². The molecule has 0 aromatic carbocycles. The van der Waals surface area contributed by atoms with Crippen LogP contribution in [0.15, 0.2) is 0 Å². The smallest absolute Gasteiger partial charge is 0.0648 e. The zero-order valence-electron chi connectivity index (χ0n) is 21.1. The molecule has 5 fully saturated rings. The molecule has 2 N–H and O–H groups in total. The molecule has 2 nitrogen and oxygen atoms in total. The Morgan fingerprint density at radius 3 is 2.32 bits per heavy atom. The molecule has 5 rings (SSSR count). The average Bonchev–Trinajstić information content (AvgIpc) is 3.30. The Hall–Kier alpha value is -0.0800. The Kier molecular flexibility index (Phi) is 5.66. The lowest BCUT2D eigenvalue weighted by Gasteiger charge is -2.62. The fourth-order valence-electron chi connectivity index (χ4n) is 10.1. The summed E-state index contributed by atoms with van der Waals surface area (Å²) in [5.74, 6) is 6.18. The fourth-order valence-corrected chi connectivity index (χ4v) is 10.1. The monoisotopic (exact) mass is 430 g/mol. The van der Waals surface area contributed by atoms with Crippen molar-refractivity contribution in [2.24, 2.45) is 58.2 Å². The highest BCUT2D eigenvalue weighted by Gasteiger charge is 2.61. The molecule has 12 atom stereocenters. The van der Waals surface area contributed by atoms with Gasteiger partial charge < -0.3 is 10.2 Å². The van der Waals surface area contributed by atoms with Crippen molar-refractivity contribution in [1.82, 2.24) is 0 Å². The van der Waals surface area contributed by atoms with Gasteiger partial charge in [0.15, 0.2) is 0 Å². The Morgan fingerprint density at radius 1 is 0.935 bits per heavy atom. The quantitative estimate of drug-likeness (QED) is 0.502. The zero-order valence-corrected chi connectivity index (χ0v) is 21.1. The maximum atomic E-state index is 11.1. The summed E-state index contributed by atoms with van der Waals surface area (Å²) in [6, 6.07) is 0. The molecule has 31 heavy (non-hydrogen) atoms. The van der Waals surface area contributed by atoms with Crippen molar-refractivity contribution in [2.75, 3.05) is 0 Å². The van der Waals surface area contributed by atoms with Gasteiger partial charge in [-0.15, -0.1) is 0 Å². The molecule has 0 heterocycles. The predicted octanol–water partition coefficient (Wildman–Crippen LogP) is 6.83. The third kappa shape index (κ3) is 3.56. The average molecular weight is 431 g/mol. The second-order valence-electron chi connectivity index (χ2n) is 13.8. The van der Waals surface area contributed by atoms with Gasteiger partial charge in [0.2, 0.25) is 0 Å². The largest absolute Gasteiger partial charge is 0.393 e. The van der Waals surface area contributed by atoms with Crippen LogP contribution in [0.1, 0.15) is 112 Å². The predicted molar refractivity (Wildman–Crippen MR) is 128 cm³/mol. The number of rotatable bonds is 5. The van der Waals surface area contributed by atoms with Crippen molar-refractivity contribution in [1.29, 1.82) is 0 Å². The molecule has 0 spiro atoms. The standard InChI is InChI=1S/C29H50O2/c1-6-29(31)14-13-27(4)21(17-29)7-8-22-24-10-9-23(28(24,5)12-11-25(22)27)19(3)26(30)16-20-15-18(20)2/h18-26,30-31H,6-17H2,1-5H3/t18?,19-,20?,21-,22?,23+,24-,25-,26-,27-,28+,29-/m0/s1. The van der Waals surface area contributed by atoms with Gasteiger partial charge in [0.1, 0.15) is 0 Å². The molecule has 2 heteroatoms. The van der Waals surface area contributed by atoms with E-state index in [1.165, 1.54) is 51.4 Å². The third-order valence-corrected chi connectivity index (χ3v) is 12.6. The first-order valence-electron chi connectivity index (χ1n) is 14.0. The zero-order chi connectivity index (χ0) is 22.2. The van der Waals surface area contributed by atoms with Crippen molar-refractivity contribution in [2.45, 2.75) is 123 Å². The molecule has 0 amide bonds. The summed E-state index contributed by atoms with van der Waals surface area (Å²) in [7, 11) is 0. The van der Waals surface area contributed by atoms with E-state index in [4.69, 9.17) is 0 Å². The molecular weight excluding hydrogens is 380 g/mol. The summed E-state index contributed by atoms with van der Waals surface area (Å²) in [5, 5.41) is 22.1. The van der Waals surface area contributed by atoms with Gasteiger partial charge in [0.05, 0.1) is 11.7 Å². The molecule has 0 aromatic rings. The molecular formula is C29H50O2. The third-order valence-electron chi connectivity index (χ3n) is 12.6. The first kappa shape index (κ1) is 22.7. The maximum absolute atomic E-state index is 11.1. The normalized spacial score (nSPS) is 55.6. The van der Waals surface area contributed by atoms with E-state index in [0.29, 0.717) is 22.7 Å². The SMILES string of the molecule is CC[C@]1(O)CC[C@@]2(C)[C@@H](CCC3[C@@H]2CC[C@]2(C)[C@@H]([C@H](C)[C@@H](O)CC4CC4C)CC[C@@H]32)C1. The van der Waals surface area contributed by atoms with E-state index >= 15 is 0 Å². The Labute approximate surface area is 192 Å². The van der Waals surface area contributed by atoms with Crippen molar-refractivity contribution in [3.63, 3.8) is 0 Å². The van der Waals surface area contributed by atoms with Crippen molar-refractivity contribution in [3.8, 4) is 0 Å².